The topological polar surface area (TPSA) is 105 Å². The third-order valence-electron chi connectivity index (χ3n) is 3.12. The Morgan fingerprint density at radius 2 is 2.13 bits per heavy atom. The van der Waals surface area contributed by atoms with E-state index < -0.39 is 0 Å². The van der Waals surface area contributed by atoms with Crippen LogP contribution in [0.2, 0.25) is 0 Å². The molecule has 1 unspecified atom stereocenters. The van der Waals surface area contributed by atoms with Crippen molar-refractivity contribution < 1.29 is 4.52 Å². The van der Waals surface area contributed by atoms with Crippen molar-refractivity contribution in [1.29, 1.82) is 0 Å². The molecular formula is C14H16BrN7O. The third kappa shape index (κ3) is 3.67. The smallest absolute Gasteiger partial charge is 0.225 e. The predicted octanol–water partition coefficient (Wildman–Crippen LogP) is 3.48. The molecule has 3 aromatic rings. The van der Waals surface area contributed by atoms with E-state index in [0.29, 0.717) is 17.6 Å². The molecule has 0 amide bonds. The van der Waals surface area contributed by atoms with Crippen LogP contribution in [-0.4, -0.2) is 25.3 Å². The SMILES string of the molecule is Cc1cc(C(C)Nc2ncc(Br)c(Nc3cc(C)[nH]n3)n2)on1. The van der Waals surface area contributed by atoms with Crippen LogP contribution in [0.5, 0.6) is 0 Å². The van der Waals surface area contributed by atoms with Crippen molar-refractivity contribution >= 4 is 33.5 Å². The van der Waals surface area contributed by atoms with Crippen molar-refractivity contribution in [3.05, 3.63) is 40.0 Å². The maximum absolute atomic E-state index is 5.24. The molecule has 0 radical (unpaired) electrons. The quantitative estimate of drug-likeness (QED) is 0.624. The zero-order chi connectivity index (χ0) is 16.4. The highest BCUT2D eigenvalue weighted by atomic mass is 79.9. The van der Waals surface area contributed by atoms with Crippen LogP contribution in [0.15, 0.2) is 27.3 Å². The van der Waals surface area contributed by atoms with Gasteiger partial charge in [0.1, 0.15) is 0 Å². The van der Waals surface area contributed by atoms with Gasteiger partial charge in [0.15, 0.2) is 17.4 Å². The van der Waals surface area contributed by atoms with Gasteiger partial charge in [-0.25, -0.2) is 4.98 Å². The van der Waals surface area contributed by atoms with E-state index in [9.17, 15) is 0 Å². The summed E-state index contributed by atoms with van der Waals surface area (Å²) in [4.78, 5) is 8.71. The lowest BCUT2D eigenvalue weighted by Crippen LogP contribution is -2.10. The number of hydrogen-bond acceptors (Lipinski definition) is 7. The largest absolute Gasteiger partial charge is 0.359 e. The first-order valence-electron chi connectivity index (χ1n) is 7.02. The van der Waals surface area contributed by atoms with E-state index in [1.165, 1.54) is 0 Å². The Morgan fingerprint density at radius 3 is 2.78 bits per heavy atom. The first kappa shape index (κ1) is 15.5. The lowest BCUT2D eigenvalue weighted by molar-refractivity contribution is 0.369. The first-order valence-corrected chi connectivity index (χ1v) is 7.82. The summed E-state index contributed by atoms with van der Waals surface area (Å²) in [6.45, 7) is 5.76. The number of aryl methyl sites for hydroxylation is 2. The van der Waals surface area contributed by atoms with Crippen molar-refractivity contribution in [2.24, 2.45) is 0 Å². The van der Waals surface area contributed by atoms with Gasteiger partial charge in [-0.1, -0.05) is 5.16 Å². The van der Waals surface area contributed by atoms with E-state index in [2.05, 4.69) is 51.9 Å². The Bertz CT molecular complexity index is 813. The number of anilines is 3. The number of nitrogens with one attached hydrogen (secondary N) is 3. The van der Waals surface area contributed by atoms with Gasteiger partial charge >= 0.3 is 0 Å². The first-order chi connectivity index (χ1) is 11.0. The lowest BCUT2D eigenvalue weighted by atomic mass is 10.2. The molecule has 1 atom stereocenters. The van der Waals surface area contributed by atoms with Crippen LogP contribution >= 0.6 is 15.9 Å². The highest BCUT2D eigenvalue weighted by Crippen LogP contribution is 2.25. The average Bonchev–Trinajstić information content (AvgIpc) is 3.11. The summed E-state index contributed by atoms with van der Waals surface area (Å²) in [5.74, 6) is 2.51. The molecule has 120 valence electrons. The number of halogens is 1. The molecule has 3 rings (SSSR count). The van der Waals surface area contributed by atoms with Crippen LogP contribution in [0.4, 0.5) is 17.6 Å². The lowest BCUT2D eigenvalue weighted by Gasteiger charge is -2.12. The molecule has 3 aromatic heterocycles. The summed E-state index contributed by atoms with van der Waals surface area (Å²) in [7, 11) is 0. The summed E-state index contributed by atoms with van der Waals surface area (Å²) in [5, 5.41) is 17.2. The molecule has 0 saturated carbocycles. The molecule has 0 fully saturated rings. The fraction of sp³-hybridized carbons (Fsp3) is 0.286. The van der Waals surface area contributed by atoms with E-state index in [1.54, 1.807) is 6.20 Å². The standard InChI is InChI=1S/C14H16BrN7O/c1-7-5-12(21-20-7)18-13-10(15)6-16-14(19-13)17-9(3)11-4-8(2)22-23-11/h4-6,9H,1-3H3,(H3,16,17,18,19,20,21). The van der Waals surface area contributed by atoms with Crippen molar-refractivity contribution in [1.82, 2.24) is 25.3 Å². The summed E-state index contributed by atoms with van der Waals surface area (Å²) in [6.07, 6.45) is 1.68. The van der Waals surface area contributed by atoms with Crippen LogP contribution in [0.3, 0.4) is 0 Å². The van der Waals surface area contributed by atoms with E-state index >= 15 is 0 Å². The van der Waals surface area contributed by atoms with Gasteiger partial charge in [-0.15, -0.1) is 0 Å². The Kier molecular flexibility index (Phi) is 4.28. The molecule has 0 aliphatic heterocycles. The minimum Gasteiger partial charge on any atom is -0.359 e. The molecule has 0 saturated heterocycles. The Morgan fingerprint density at radius 1 is 1.30 bits per heavy atom. The van der Waals surface area contributed by atoms with Gasteiger partial charge in [-0.3, -0.25) is 5.10 Å². The van der Waals surface area contributed by atoms with Crippen LogP contribution in [0, 0.1) is 13.8 Å². The molecule has 0 aliphatic rings. The van der Waals surface area contributed by atoms with E-state index in [1.807, 2.05) is 32.9 Å². The van der Waals surface area contributed by atoms with Gasteiger partial charge in [-0.05, 0) is 36.7 Å². The Hall–Kier alpha value is -2.42. The zero-order valence-electron chi connectivity index (χ0n) is 12.9. The van der Waals surface area contributed by atoms with Gasteiger partial charge in [0.2, 0.25) is 5.95 Å². The summed E-state index contributed by atoms with van der Waals surface area (Å²) in [6, 6.07) is 3.67. The molecule has 0 bridgehead atoms. The van der Waals surface area contributed by atoms with Gasteiger partial charge in [-0.2, -0.15) is 10.1 Å². The maximum atomic E-state index is 5.24. The summed E-state index contributed by atoms with van der Waals surface area (Å²) >= 11 is 3.43. The Balaban J connectivity index is 1.77. The van der Waals surface area contributed by atoms with Crippen LogP contribution in [0.1, 0.15) is 30.1 Å². The molecule has 0 aromatic carbocycles. The number of hydrogen-bond donors (Lipinski definition) is 3. The van der Waals surface area contributed by atoms with Crippen molar-refractivity contribution in [3.63, 3.8) is 0 Å². The summed E-state index contributed by atoms with van der Waals surface area (Å²) in [5.41, 5.74) is 1.80. The van der Waals surface area contributed by atoms with Gasteiger partial charge in [0, 0.05) is 24.0 Å². The minimum atomic E-state index is -0.0992. The minimum absolute atomic E-state index is 0.0992. The molecule has 9 heteroatoms. The summed E-state index contributed by atoms with van der Waals surface area (Å²) < 4.78 is 5.99. The number of H-pyrrole nitrogens is 1. The number of aromatic nitrogens is 5. The normalized spacial score (nSPS) is 12.2. The average molecular weight is 378 g/mol. The molecule has 0 spiro atoms. The van der Waals surface area contributed by atoms with Gasteiger partial charge in [0.05, 0.1) is 16.2 Å². The third-order valence-corrected chi connectivity index (χ3v) is 3.70. The Labute approximate surface area is 141 Å². The van der Waals surface area contributed by atoms with Gasteiger partial charge in [0.25, 0.3) is 0 Å². The molecule has 23 heavy (non-hydrogen) atoms. The second-order valence-electron chi connectivity index (χ2n) is 5.19. The van der Waals surface area contributed by atoms with E-state index in [0.717, 1.165) is 21.6 Å². The van der Waals surface area contributed by atoms with Crippen LogP contribution < -0.4 is 10.6 Å². The fourth-order valence-electron chi connectivity index (χ4n) is 1.98. The van der Waals surface area contributed by atoms with E-state index in [-0.39, 0.29) is 6.04 Å². The molecule has 8 nitrogen and oxygen atoms in total. The van der Waals surface area contributed by atoms with Crippen LogP contribution in [-0.2, 0) is 0 Å². The second kappa shape index (κ2) is 6.37. The van der Waals surface area contributed by atoms with E-state index in [4.69, 9.17) is 4.52 Å². The van der Waals surface area contributed by atoms with Gasteiger partial charge < -0.3 is 15.2 Å². The number of rotatable bonds is 5. The maximum Gasteiger partial charge on any atom is 0.225 e. The van der Waals surface area contributed by atoms with Crippen molar-refractivity contribution in [2.45, 2.75) is 26.8 Å². The molecule has 3 N–H and O–H groups in total. The fourth-order valence-corrected chi connectivity index (χ4v) is 2.27. The highest BCUT2D eigenvalue weighted by Gasteiger charge is 2.14. The number of nitrogens with zero attached hydrogens (tertiary/aromatic N) is 4. The second-order valence-corrected chi connectivity index (χ2v) is 6.04. The van der Waals surface area contributed by atoms with Crippen molar-refractivity contribution in [2.75, 3.05) is 10.6 Å². The van der Waals surface area contributed by atoms with Crippen LogP contribution in [0.25, 0.3) is 0 Å². The predicted molar refractivity (Wildman–Crippen MR) is 89.6 cm³/mol. The van der Waals surface area contributed by atoms with Crippen molar-refractivity contribution in [3.8, 4) is 0 Å². The molecule has 3 heterocycles. The molecule has 0 aliphatic carbocycles. The highest BCUT2D eigenvalue weighted by molar-refractivity contribution is 9.10. The number of aromatic amines is 1. The monoisotopic (exact) mass is 377 g/mol. The molecular weight excluding hydrogens is 362 g/mol. The zero-order valence-corrected chi connectivity index (χ0v) is 14.5.